The summed E-state index contributed by atoms with van der Waals surface area (Å²) in [6.07, 6.45) is 0. The molecule has 1 amide bonds. The van der Waals surface area contributed by atoms with Crippen molar-refractivity contribution in [2.24, 2.45) is 5.73 Å². The smallest absolute Gasteiger partial charge is 0.267 e. The number of nitrogens with zero attached hydrogens (tertiary/aromatic N) is 3. The van der Waals surface area contributed by atoms with Gasteiger partial charge in [-0.1, -0.05) is 23.2 Å². The Morgan fingerprint density at radius 2 is 1.81 bits per heavy atom. The van der Waals surface area contributed by atoms with Gasteiger partial charge in [0, 0.05) is 16.3 Å². The zero-order chi connectivity index (χ0) is 22.3. The number of aromatic amines is 1. The number of anilines is 1. The number of primary amides is 1. The molecule has 2 aromatic heterocycles. The largest absolute Gasteiger partial charge is 0.364 e. The summed E-state index contributed by atoms with van der Waals surface area (Å²) in [5.74, 6) is -0.293. The van der Waals surface area contributed by atoms with Crippen LogP contribution in [0.3, 0.4) is 0 Å². The van der Waals surface area contributed by atoms with Crippen molar-refractivity contribution in [3.05, 3.63) is 63.9 Å². The van der Waals surface area contributed by atoms with Crippen LogP contribution in [0.2, 0.25) is 10.0 Å². The summed E-state index contributed by atoms with van der Waals surface area (Å²) in [5, 5.41) is 7.34. The number of nitrogens with two attached hydrogens (primary N) is 1. The number of aromatic nitrogens is 4. The zero-order valence-electron chi connectivity index (χ0n) is 15.8. The molecular weight excluding hydrogens is 463 g/mol. The number of nitrogens with one attached hydrogen (secondary N) is 2. The van der Waals surface area contributed by atoms with Gasteiger partial charge in [0.15, 0.2) is 11.5 Å². The summed E-state index contributed by atoms with van der Waals surface area (Å²) in [7, 11) is -3.94. The number of aryl methyl sites for hydroxylation is 1. The van der Waals surface area contributed by atoms with Crippen molar-refractivity contribution in [1.29, 1.82) is 0 Å². The number of hydrogen-bond donors (Lipinski definition) is 3. The SMILES string of the molecule is Cc1nc(-c2ccc(NS(=O)(=O)c3cc(Cl)ccc3Cl)cc2)nc2n[nH]c(C(N)=O)c12. The quantitative estimate of drug-likeness (QED) is 0.401. The molecule has 4 N–H and O–H groups in total. The Hall–Kier alpha value is -3.21. The van der Waals surface area contributed by atoms with E-state index < -0.39 is 15.9 Å². The average Bonchev–Trinajstić information content (AvgIpc) is 3.15. The van der Waals surface area contributed by atoms with Crippen LogP contribution in [0, 0.1) is 6.92 Å². The van der Waals surface area contributed by atoms with Crippen LogP contribution >= 0.6 is 23.2 Å². The summed E-state index contributed by atoms with van der Waals surface area (Å²) in [6, 6.07) is 10.6. The second-order valence-electron chi connectivity index (χ2n) is 6.55. The van der Waals surface area contributed by atoms with Crippen molar-refractivity contribution < 1.29 is 13.2 Å². The molecule has 0 fully saturated rings. The maximum absolute atomic E-state index is 12.6. The van der Waals surface area contributed by atoms with E-state index in [9.17, 15) is 13.2 Å². The summed E-state index contributed by atoms with van der Waals surface area (Å²) in [5.41, 5.74) is 7.24. The molecule has 0 radical (unpaired) electrons. The van der Waals surface area contributed by atoms with Gasteiger partial charge in [-0.3, -0.25) is 14.6 Å². The van der Waals surface area contributed by atoms with Crippen LogP contribution in [-0.2, 0) is 10.0 Å². The van der Waals surface area contributed by atoms with Gasteiger partial charge in [0.1, 0.15) is 10.6 Å². The van der Waals surface area contributed by atoms with Gasteiger partial charge in [-0.2, -0.15) is 5.10 Å². The molecule has 0 aliphatic carbocycles. The number of H-pyrrole nitrogens is 1. The minimum atomic E-state index is -3.94. The van der Waals surface area contributed by atoms with Crippen LogP contribution in [0.1, 0.15) is 16.2 Å². The van der Waals surface area contributed by atoms with Gasteiger partial charge in [0.2, 0.25) is 0 Å². The molecule has 0 saturated heterocycles. The van der Waals surface area contributed by atoms with Crippen LogP contribution in [-0.4, -0.2) is 34.5 Å². The van der Waals surface area contributed by atoms with Crippen LogP contribution in [0.25, 0.3) is 22.4 Å². The number of fused-ring (bicyclic) bond motifs is 1. The number of carbonyl (C=O) groups is 1. The van der Waals surface area contributed by atoms with Crippen molar-refractivity contribution >= 4 is 55.9 Å². The molecule has 0 aliphatic rings. The minimum Gasteiger partial charge on any atom is -0.364 e. The van der Waals surface area contributed by atoms with Crippen molar-refractivity contribution in [2.75, 3.05) is 4.72 Å². The molecule has 12 heteroatoms. The molecule has 0 unspecified atom stereocenters. The van der Waals surface area contributed by atoms with Crippen molar-refractivity contribution in [3.63, 3.8) is 0 Å². The van der Waals surface area contributed by atoms with E-state index in [0.717, 1.165) is 0 Å². The van der Waals surface area contributed by atoms with E-state index in [1.165, 1.54) is 18.2 Å². The first-order chi connectivity index (χ1) is 14.7. The second-order valence-corrected chi connectivity index (χ2v) is 9.05. The van der Waals surface area contributed by atoms with Gasteiger partial charge in [-0.05, 0) is 49.4 Å². The molecule has 2 heterocycles. The number of rotatable bonds is 5. The lowest BCUT2D eigenvalue weighted by Crippen LogP contribution is -2.13. The summed E-state index contributed by atoms with van der Waals surface area (Å²) >= 11 is 11.9. The van der Waals surface area contributed by atoms with E-state index in [1.807, 2.05) is 0 Å². The highest BCUT2D eigenvalue weighted by atomic mass is 35.5. The molecule has 4 aromatic rings. The Balaban J connectivity index is 1.64. The standard InChI is InChI=1S/C19H14Cl2N6O3S/c1-9-15-16(17(22)28)25-26-19(15)24-18(23-9)10-2-5-12(6-3-10)27-31(29,30)14-8-11(20)4-7-13(14)21/h2-8,27H,1H3,(H2,22,28)(H,23,24,25,26). The fraction of sp³-hybridized carbons (Fsp3) is 0.0526. The summed E-state index contributed by atoms with van der Waals surface area (Å²) in [6.45, 7) is 1.71. The second kappa shape index (κ2) is 7.80. The van der Waals surface area contributed by atoms with Gasteiger partial charge < -0.3 is 5.73 Å². The first-order valence-electron chi connectivity index (χ1n) is 8.76. The van der Waals surface area contributed by atoms with Crippen molar-refractivity contribution in [2.45, 2.75) is 11.8 Å². The van der Waals surface area contributed by atoms with Crippen LogP contribution in [0.5, 0.6) is 0 Å². The number of benzene rings is 2. The highest BCUT2D eigenvalue weighted by molar-refractivity contribution is 7.92. The molecule has 9 nitrogen and oxygen atoms in total. The van der Waals surface area contributed by atoms with Gasteiger partial charge in [-0.25, -0.2) is 18.4 Å². The van der Waals surface area contributed by atoms with Crippen molar-refractivity contribution in [3.8, 4) is 11.4 Å². The lowest BCUT2D eigenvalue weighted by molar-refractivity contribution is 0.0997. The Labute approximate surface area is 186 Å². The van der Waals surface area contributed by atoms with Crippen LogP contribution in [0.15, 0.2) is 47.4 Å². The topological polar surface area (TPSA) is 144 Å². The lowest BCUT2D eigenvalue weighted by Gasteiger charge is -2.10. The van der Waals surface area contributed by atoms with E-state index in [2.05, 4.69) is 24.9 Å². The van der Waals surface area contributed by atoms with Gasteiger partial charge in [-0.15, -0.1) is 0 Å². The molecule has 4 rings (SSSR count). The molecule has 0 bridgehead atoms. The van der Waals surface area contributed by atoms with Gasteiger partial charge >= 0.3 is 0 Å². The highest BCUT2D eigenvalue weighted by Crippen LogP contribution is 2.28. The van der Waals surface area contributed by atoms with E-state index in [-0.39, 0.29) is 20.6 Å². The Kier molecular flexibility index (Phi) is 5.29. The number of halogens is 2. The normalized spacial score (nSPS) is 11.6. The average molecular weight is 477 g/mol. The minimum absolute atomic E-state index is 0.0556. The summed E-state index contributed by atoms with van der Waals surface area (Å²) in [4.78, 5) is 20.1. The third-order valence-corrected chi connectivity index (χ3v) is 6.52. The molecular formula is C19H14Cl2N6O3S. The van der Waals surface area contributed by atoms with Gasteiger partial charge in [0.05, 0.1) is 16.1 Å². The number of carbonyl (C=O) groups excluding carboxylic acids is 1. The predicted molar refractivity (Wildman–Crippen MR) is 118 cm³/mol. The fourth-order valence-electron chi connectivity index (χ4n) is 2.98. The van der Waals surface area contributed by atoms with E-state index in [4.69, 9.17) is 28.9 Å². The first-order valence-corrected chi connectivity index (χ1v) is 11.0. The zero-order valence-corrected chi connectivity index (χ0v) is 18.2. The molecule has 0 aliphatic heterocycles. The predicted octanol–water partition coefficient (Wildman–Crippen LogP) is 3.53. The number of amides is 1. The number of sulfonamides is 1. The van der Waals surface area contributed by atoms with E-state index in [0.29, 0.717) is 33.8 Å². The Morgan fingerprint density at radius 3 is 2.48 bits per heavy atom. The molecule has 31 heavy (non-hydrogen) atoms. The van der Waals surface area contributed by atoms with Crippen LogP contribution in [0.4, 0.5) is 5.69 Å². The maximum Gasteiger partial charge on any atom is 0.267 e. The third kappa shape index (κ3) is 4.05. The number of hydrogen-bond acceptors (Lipinski definition) is 6. The molecule has 2 aromatic carbocycles. The molecule has 0 saturated carbocycles. The highest BCUT2D eigenvalue weighted by Gasteiger charge is 2.19. The molecule has 0 spiro atoms. The van der Waals surface area contributed by atoms with Crippen LogP contribution < -0.4 is 10.5 Å². The lowest BCUT2D eigenvalue weighted by atomic mass is 10.1. The van der Waals surface area contributed by atoms with Crippen molar-refractivity contribution in [1.82, 2.24) is 20.2 Å². The summed E-state index contributed by atoms with van der Waals surface area (Å²) < 4.78 is 27.8. The Morgan fingerprint density at radius 1 is 1.10 bits per heavy atom. The fourth-order valence-corrected chi connectivity index (χ4v) is 4.81. The Bertz CT molecular complexity index is 1440. The first kappa shape index (κ1) is 21.0. The third-order valence-electron chi connectivity index (χ3n) is 4.42. The van der Waals surface area contributed by atoms with E-state index in [1.54, 1.807) is 31.2 Å². The van der Waals surface area contributed by atoms with Gasteiger partial charge in [0.25, 0.3) is 15.9 Å². The molecule has 158 valence electrons. The molecule has 0 atom stereocenters. The monoisotopic (exact) mass is 476 g/mol. The maximum atomic E-state index is 12.6. The van der Waals surface area contributed by atoms with E-state index >= 15 is 0 Å².